The molecular formula is C8H9N. The van der Waals surface area contributed by atoms with E-state index in [1.54, 1.807) is 0 Å². The fraction of sp³-hybridized carbons (Fsp3) is 0.250. The molecule has 2 aliphatic rings. The molecule has 1 nitrogen and oxygen atoms in total. The number of fused-ring (bicyclic) bond motifs is 1. The van der Waals surface area contributed by atoms with E-state index in [9.17, 15) is 0 Å². The van der Waals surface area contributed by atoms with Gasteiger partial charge in [0.05, 0.1) is 6.04 Å². The summed E-state index contributed by atoms with van der Waals surface area (Å²) < 4.78 is 0. The van der Waals surface area contributed by atoms with Crippen molar-refractivity contribution in [2.75, 3.05) is 0 Å². The monoisotopic (exact) mass is 119 g/mol. The van der Waals surface area contributed by atoms with Gasteiger partial charge < -0.3 is 5.32 Å². The largest absolute Gasteiger partial charge is 0.381 e. The van der Waals surface area contributed by atoms with Crippen molar-refractivity contribution in [3.05, 3.63) is 36.6 Å². The smallest absolute Gasteiger partial charge is 0.0567 e. The van der Waals surface area contributed by atoms with Crippen LogP contribution >= 0.6 is 0 Å². The van der Waals surface area contributed by atoms with Crippen molar-refractivity contribution in [2.24, 2.45) is 5.92 Å². The highest BCUT2D eigenvalue weighted by molar-refractivity contribution is 5.42. The number of hydrogen-bond acceptors (Lipinski definition) is 1. The standard InChI is InChI=1S/C8H9N/c1-5-3-4-7-8(5)6(2)9-7/h3-4,7-9H,1-2H2. The van der Waals surface area contributed by atoms with Gasteiger partial charge in [-0.3, -0.25) is 0 Å². The average molecular weight is 119 g/mol. The van der Waals surface area contributed by atoms with E-state index in [2.05, 4.69) is 30.6 Å². The predicted octanol–water partition coefficient (Wildman–Crippen LogP) is 1.21. The Kier molecular flexibility index (Phi) is 0.699. The maximum atomic E-state index is 3.90. The van der Waals surface area contributed by atoms with Crippen molar-refractivity contribution in [1.82, 2.24) is 5.32 Å². The average Bonchev–Trinajstić information content (AvgIpc) is 2.04. The normalized spacial score (nSPS) is 37.8. The molecule has 0 aromatic heterocycles. The summed E-state index contributed by atoms with van der Waals surface area (Å²) in [5.74, 6) is 0.519. The Hall–Kier alpha value is -0.980. The summed E-state index contributed by atoms with van der Waals surface area (Å²) in [6.07, 6.45) is 4.21. The highest BCUT2D eigenvalue weighted by Gasteiger charge is 2.36. The van der Waals surface area contributed by atoms with Gasteiger partial charge in [-0.05, 0) is 5.57 Å². The van der Waals surface area contributed by atoms with E-state index < -0.39 is 0 Å². The summed E-state index contributed by atoms with van der Waals surface area (Å²) in [6.45, 7) is 7.74. The fourth-order valence-electron chi connectivity index (χ4n) is 1.45. The first kappa shape index (κ1) is 4.86. The van der Waals surface area contributed by atoms with Crippen molar-refractivity contribution in [1.29, 1.82) is 0 Å². The zero-order valence-electron chi connectivity index (χ0n) is 5.22. The van der Waals surface area contributed by atoms with Crippen molar-refractivity contribution >= 4 is 0 Å². The van der Waals surface area contributed by atoms with Gasteiger partial charge in [-0.1, -0.05) is 25.3 Å². The first-order valence-electron chi connectivity index (χ1n) is 3.11. The van der Waals surface area contributed by atoms with Crippen molar-refractivity contribution in [3.8, 4) is 0 Å². The molecule has 0 aromatic carbocycles. The second kappa shape index (κ2) is 1.29. The molecular weight excluding hydrogens is 110 g/mol. The van der Waals surface area contributed by atoms with Gasteiger partial charge in [-0.15, -0.1) is 0 Å². The second-order valence-corrected chi connectivity index (χ2v) is 2.61. The Balaban J connectivity index is 2.30. The molecule has 0 spiro atoms. The fourth-order valence-corrected chi connectivity index (χ4v) is 1.45. The van der Waals surface area contributed by atoms with E-state index >= 15 is 0 Å². The van der Waals surface area contributed by atoms with Gasteiger partial charge in [0.1, 0.15) is 0 Å². The Bertz CT molecular complexity index is 213. The molecule has 0 saturated carbocycles. The lowest BCUT2D eigenvalue weighted by atomic mass is 9.88. The lowest BCUT2D eigenvalue weighted by molar-refractivity contribution is 0.432. The molecule has 1 heteroatoms. The highest BCUT2D eigenvalue weighted by Crippen LogP contribution is 2.35. The molecule has 1 aliphatic carbocycles. The van der Waals surface area contributed by atoms with Crippen LogP contribution in [0, 0.1) is 5.92 Å². The summed E-state index contributed by atoms with van der Waals surface area (Å²) in [4.78, 5) is 0. The minimum atomic E-state index is 0.519. The third kappa shape index (κ3) is 0.441. The SMILES string of the molecule is C=C1C=CC2NC(=C)C12. The van der Waals surface area contributed by atoms with Crippen LogP contribution in [0.4, 0.5) is 0 Å². The molecule has 1 heterocycles. The van der Waals surface area contributed by atoms with Gasteiger partial charge in [0.15, 0.2) is 0 Å². The van der Waals surface area contributed by atoms with Crippen LogP contribution < -0.4 is 5.32 Å². The van der Waals surface area contributed by atoms with Gasteiger partial charge in [-0.25, -0.2) is 0 Å². The van der Waals surface area contributed by atoms with Crippen LogP contribution in [0.1, 0.15) is 0 Å². The van der Waals surface area contributed by atoms with Crippen LogP contribution in [0.25, 0.3) is 0 Å². The molecule has 0 aromatic rings. The Morgan fingerprint density at radius 2 is 2.22 bits per heavy atom. The van der Waals surface area contributed by atoms with E-state index in [1.807, 2.05) is 0 Å². The van der Waals surface area contributed by atoms with Crippen LogP contribution in [-0.2, 0) is 0 Å². The van der Waals surface area contributed by atoms with Crippen LogP contribution in [-0.4, -0.2) is 6.04 Å². The first-order chi connectivity index (χ1) is 4.29. The summed E-state index contributed by atoms with van der Waals surface area (Å²) in [5, 5.41) is 3.19. The predicted molar refractivity (Wildman–Crippen MR) is 37.8 cm³/mol. The summed E-state index contributed by atoms with van der Waals surface area (Å²) in [6, 6.07) is 0.519. The van der Waals surface area contributed by atoms with Gasteiger partial charge in [0.25, 0.3) is 0 Å². The number of rotatable bonds is 0. The molecule has 0 radical (unpaired) electrons. The molecule has 2 atom stereocenters. The lowest BCUT2D eigenvalue weighted by Gasteiger charge is -2.36. The lowest BCUT2D eigenvalue weighted by Crippen LogP contribution is -2.46. The molecule has 1 fully saturated rings. The second-order valence-electron chi connectivity index (χ2n) is 2.61. The Morgan fingerprint density at radius 1 is 1.44 bits per heavy atom. The van der Waals surface area contributed by atoms with Gasteiger partial charge in [-0.2, -0.15) is 0 Å². The topological polar surface area (TPSA) is 12.0 Å². The van der Waals surface area contributed by atoms with Crippen LogP contribution in [0.15, 0.2) is 36.6 Å². The van der Waals surface area contributed by atoms with E-state index in [0.29, 0.717) is 12.0 Å². The van der Waals surface area contributed by atoms with Crippen molar-refractivity contribution in [2.45, 2.75) is 6.04 Å². The number of nitrogens with one attached hydrogen (secondary N) is 1. The van der Waals surface area contributed by atoms with E-state index in [4.69, 9.17) is 0 Å². The van der Waals surface area contributed by atoms with Gasteiger partial charge in [0.2, 0.25) is 0 Å². The molecule has 0 amide bonds. The van der Waals surface area contributed by atoms with Crippen molar-refractivity contribution < 1.29 is 0 Å². The molecule has 2 unspecified atom stereocenters. The highest BCUT2D eigenvalue weighted by atomic mass is 15.0. The zero-order valence-corrected chi connectivity index (χ0v) is 5.22. The third-order valence-corrected chi connectivity index (χ3v) is 2.00. The third-order valence-electron chi connectivity index (χ3n) is 2.00. The van der Waals surface area contributed by atoms with Crippen molar-refractivity contribution in [3.63, 3.8) is 0 Å². The maximum absolute atomic E-state index is 3.90. The van der Waals surface area contributed by atoms with Gasteiger partial charge in [0, 0.05) is 11.6 Å². The minimum Gasteiger partial charge on any atom is -0.381 e. The summed E-state index contributed by atoms with van der Waals surface area (Å²) in [7, 11) is 0. The minimum absolute atomic E-state index is 0.519. The van der Waals surface area contributed by atoms with E-state index in [0.717, 1.165) is 5.70 Å². The maximum Gasteiger partial charge on any atom is 0.0567 e. The zero-order chi connectivity index (χ0) is 6.43. The Labute approximate surface area is 54.8 Å². The molecule has 0 bridgehead atoms. The Morgan fingerprint density at radius 3 is 2.67 bits per heavy atom. The summed E-state index contributed by atoms with van der Waals surface area (Å²) >= 11 is 0. The van der Waals surface area contributed by atoms with Crippen LogP contribution in [0.2, 0.25) is 0 Å². The van der Waals surface area contributed by atoms with Crippen LogP contribution in [0.5, 0.6) is 0 Å². The number of allylic oxidation sites excluding steroid dienone is 1. The molecule has 1 aliphatic heterocycles. The van der Waals surface area contributed by atoms with E-state index in [-0.39, 0.29) is 0 Å². The van der Waals surface area contributed by atoms with Gasteiger partial charge >= 0.3 is 0 Å². The van der Waals surface area contributed by atoms with E-state index in [1.165, 1.54) is 5.57 Å². The van der Waals surface area contributed by atoms with Crippen LogP contribution in [0.3, 0.4) is 0 Å². The quantitative estimate of drug-likeness (QED) is 0.505. The summed E-state index contributed by atoms with van der Waals surface area (Å²) in [5.41, 5.74) is 2.32. The molecule has 1 N–H and O–H groups in total. The molecule has 46 valence electrons. The molecule has 1 saturated heterocycles. The molecule has 9 heavy (non-hydrogen) atoms. The first-order valence-corrected chi connectivity index (χ1v) is 3.11. The number of hydrogen-bond donors (Lipinski definition) is 1. The molecule has 2 rings (SSSR count).